The smallest absolute Gasteiger partial charge is 0.256 e. The Labute approximate surface area is 125 Å². The number of amides is 1. The molecule has 3 rings (SSSR count). The van der Waals surface area contributed by atoms with Crippen molar-refractivity contribution in [3.8, 4) is 0 Å². The van der Waals surface area contributed by atoms with Gasteiger partial charge in [-0.2, -0.15) is 0 Å². The minimum Gasteiger partial charge on any atom is -0.399 e. The Kier molecular flexibility index (Phi) is 3.86. The van der Waals surface area contributed by atoms with Crippen molar-refractivity contribution in [1.82, 2.24) is 9.88 Å². The molecule has 1 fully saturated rings. The summed E-state index contributed by atoms with van der Waals surface area (Å²) in [5.74, 6) is 0.139. The Morgan fingerprint density at radius 1 is 1.33 bits per heavy atom. The van der Waals surface area contributed by atoms with E-state index in [9.17, 15) is 4.79 Å². The molecule has 4 nitrogen and oxygen atoms in total. The summed E-state index contributed by atoms with van der Waals surface area (Å²) in [6.45, 7) is 2.84. The van der Waals surface area contributed by atoms with Crippen LogP contribution in [0.3, 0.4) is 0 Å². The summed E-state index contributed by atoms with van der Waals surface area (Å²) in [5, 5.41) is 0.962. The average molecular weight is 285 g/mol. The topological polar surface area (TPSA) is 62.1 Å². The Morgan fingerprint density at radius 2 is 2.10 bits per heavy atom. The van der Waals surface area contributed by atoms with Crippen molar-refractivity contribution in [2.75, 3.05) is 12.3 Å². The Morgan fingerprint density at radius 3 is 2.81 bits per heavy atom. The van der Waals surface area contributed by atoms with E-state index in [-0.39, 0.29) is 5.91 Å². The molecule has 0 bridgehead atoms. The van der Waals surface area contributed by atoms with Gasteiger partial charge in [0.1, 0.15) is 0 Å². The van der Waals surface area contributed by atoms with E-state index in [1.807, 2.05) is 29.3 Å². The van der Waals surface area contributed by atoms with Crippen molar-refractivity contribution in [2.45, 2.75) is 45.1 Å². The van der Waals surface area contributed by atoms with Crippen LogP contribution in [-0.4, -0.2) is 28.4 Å². The number of rotatable bonds is 3. The van der Waals surface area contributed by atoms with E-state index in [0.29, 0.717) is 11.7 Å². The van der Waals surface area contributed by atoms with Crippen LogP contribution in [-0.2, 0) is 0 Å². The lowest BCUT2D eigenvalue weighted by Gasteiger charge is -2.33. The van der Waals surface area contributed by atoms with Crippen LogP contribution in [0.2, 0.25) is 0 Å². The number of nitrogens with one attached hydrogen (secondary N) is 1. The fourth-order valence-electron chi connectivity index (χ4n) is 3.44. The van der Waals surface area contributed by atoms with Crippen LogP contribution in [0.1, 0.15) is 49.4 Å². The summed E-state index contributed by atoms with van der Waals surface area (Å²) in [4.78, 5) is 18.1. The van der Waals surface area contributed by atoms with Crippen molar-refractivity contribution < 1.29 is 4.79 Å². The van der Waals surface area contributed by atoms with E-state index >= 15 is 0 Å². The van der Waals surface area contributed by atoms with Crippen LogP contribution < -0.4 is 5.73 Å². The molecule has 112 valence electrons. The summed E-state index contributed by atoms with van der Waals surface area (Å²) >= 11 is 0. The van der Waals surface area contributed by atoms with Crippen molar-refractivity contribution >= 4 is 22.5 Å². The van der Waals surface area contributed by atoms with Gasteiger partial charge in [-0.15, -0.1) is 0 Å². The van der Waals surface area contributed by atoms with Crippen LogP contribution in [0.25, 0.3) is 10.9 Å². The number of carbonyl (C=O) groups is 1. The Hall–Kier alpha value is -1.97. The molecule has 1 amide bonds. The average Bonchev–Trinajstić information content (AvgIpc) is 2.92. The van der Waals surface area contributed by atoms with Crippen molar-refractivity contribution in [3.63, 3.8) is 0 Å². The van der Waals surface area contributed by atoms with Crippen molar-refractivity contribution in [1.29, 1.82) is 0 Å². The van der Waals surface area contributed by atoms with Gasteiger partial charge in [-0.25, -0.2) is 0 Å². The lowest BCUT2D eigenvalue weighted by Crippen LogP contribution is -2.41. The van der Waals surface area contributed by atoms with E-state index in [0.717, 1.165) is 35.9 Å². The molecule has 1 aliphatic rings. The van der Waals surface area contributed by atoms with Crippen LogP contribution in [0.15, 0.2) is 24.4 Å². The van der Waals surface area contributed by atoms with Crippen molar-refractivity contribution in [3.05, 3.63) is 30.0 Å². The van der Waals surface area contributed by atoms with E-state index in [1.165, 1.54) is 19.3 Å². The third kappa shape index (κ3) is 2.62. The molecule has 0 saturated heterocycles. The number of aromatic nitrogens is 1. The molecule has 0 atom stereocenters. The lowest BCUT2D eigenvalue weighted by molar-refractivity contribution is 0.0650. The highest BCUT2D eigenvalue weighted by Crippen LogP contribution is 2.27. The van der Waals surface area contributed by atoms with Gasteiger partial charge in [-0.3, -0.25) is 4.79 Å². The fraction of sp³-hybridized carbons (Fsp3) is 0.471. The molecular formula is C17H23N3O. The number of benzene rings is 1. The predicted molar refractivity (Wildman–Crippen MR) is 86.3 cm³/mol. The second-order valence-electron chi connectivity index (χ2n) is 5.89. The molecule has 2 aromatic rings. The van der Waals surface area contributed by atoms with E-state index in [2.05, 4.69) is 11.9 Å². The van der Waals surface area contributed by atoms with Gasteiger partial charge in [0, 0.05) is 35.4 Å². The van der Waals surface area contributed by atoms with Crippen LogP contribution in [0.4, 0.5) is 5.69 Å². The van der Waals surface area contributed by atoms with Gasteiger partial charge in [0.15, 0.2) is 0 Å². The van der Waals surface area contributed by atoms with Crippen molar-refractivity contribution in [2.24, 2.45) is 0 Å². The summed E-state index contributed by atoms with van der Waals surface area (Å²) in [7, 11) is 0. The SMILES string of the molecule is CCN(C(=O)c1c[nH]c2cc(N)ccc12)C1CCCCC1. The standard InChI is InChI=1S/C17H23N3O/c1-2-20(13-6-4-3-5-7-13)17(21)15-11-19-16-10-12(18)8-9-14(15)16/h8-11,13,19H,2-7,18H2,1H3. The predicted octanol–water partition coefficient (Wildman–Crippen LogP) is 3.54. The fourth-order valence-corrected chi connectivity index (χ4v) is 3.44. The van der Waals surface area contributed by atoms with E-state index < -0.39 is 0 Å². The zero-order valence-corrected chi connectivity index (χ0v) is 12.6. The highest BCUT2D eigenvalue weighted by Gasteiger charge is 2.26. The number of nitrogens with two attached hydrogens (primary N) is 1. The number of hydrogen-bond donors (Lipinski definition) is 2. The first-order chi connectivity index (χ1) is 10.2. The quantitative estimate of drug-likeness (QED) is 0.847. The number of aromatic amines is 1. The minimum absolute atomic E-state index is 0.139. The third-order valence-electron chi connectivity index (χ3n) is 4.55. The number of nitrogen functional groups attached to an aromatic ring is 1. The first-order valence-electron chi connectivity index (χ1n) is 7.88. The monoisotopic (exact) mass is 285 g/mol. The van der Waals surface area contributed by atoms with Crippen LogP contribution in [0.5, 0.6) is 0 Å². The van der Waals surface area contributed by atoms with E-state index in [1.54, 1.807) is 0 Å². The summed E-state index contributed by atoms with van der Waals surface area (Å²) in [5.41, 5.74) is 8.20. The summed E-state index contributed by atoms with van der Waals surface area (Å²) in [6.07, 6.45) is 7.86. The van der Waals surface area contributed by atoms with Gasteiger partial charge < -0.3 is 15.6 Å². The van der Waals surface area contributed by atoms with Crippen LogP contribution in [0, 0.1) is 0 Å². The Bertz CT molecular complexity index is 641. The zero-order valence-electron chi connectivity index (χ0n) is 12.6. The second kappa shape index (κ2) is 5.80. The first-order valence-corrected chi connectivity index (χ1v) is 7.88. The molecular weight excluding hydrogens is 262 g/mol. The first kappa shape index (κ1) is 14.0. The molecule has 1 saturated carbocycles. The molecule has 1 aromatic carbocycles. The molecule has 3 N–H and O–H groups in total. The molecule has 0 spiro atoms. The molecule has 4 heteroatoms. The number of H-pyrrole nitrogens is 1. The highest BCUT2D eigenvalue weighted by molar-refractivity contribution is 6.07. The van der Waals surface area contributed by atoms with Gasteiger partial charge in [0.25, 0.3) is 5.91 Å². The van der Waals surface area contributed by atoms with Gasteiger partial charge in [0.05, 0.1) is 5.56 Å². The number of carbonyl (C=O) groups excluding carboxylic acids is 1. The lowest BCUT2D eigenvalue weighted by atomic mass is 9.93. The third-order valence-corrected chi connectivity index (χ3v) is 4.55. The Balaban J connectivity index is 1.91. The molecule has 0 radical (unpaired) electrons. The summed E-state index contributed by atoms with van der Waals surface area (Å²) in [6, 6.07) is 6.06. The highest BCUT2D eigenvalue weighted by atomic mass is 16.2. The largest absolute Gasteiger partial charge is 0.399 e. The number of hydrogen-bond acceptors (Lipinski definition) is 2. The van der Waals surface area contributed by atoms with Gasteiger partial charge in [-0.1, -0.05) is 19.3 Å². The summed E-state index contributed by atoms with van der Waals surface area (Å²) < 4.78 is 0. The normalized spacial score (nSPS) is 16.2. The maximum absolute atomic E-state index is 12.9. The maximum atomic E-state index is 12.9. The van der Waals surface area contributed by atoms with Crippen LogP contribution >= 0.6 is 0 Å². The number of nitrogens with zero attached hydrogens (tertiary/aromatic N) is 1. The van der Waals surface area contributed by atoms with E-state index in [4.69, 9.17) is 5.73 Å². The number of fused-ring (bicyclic) bond motifs is 1. The molecule has 1 heterocycles. The maximum Gasteiger partial charge on any atom is 0.256 e. The molecule has 21 heavy (non-hydrogen) atoms. The second-order valence-corrected chi connectivity index (χ2v) is 5.89. The zero-order chi connectivity index (χ0) is 14.8. The molecule has 0 aliphatic heterocycles. The van der Waals surface area contributed by atoms with Gasteiger partial charge in [-0.05, 0) is 38.0 Å². The minimum atomic E-state index is 0.139. The number of anilines is 1. The molecule has 1 aromatic heterocycles. The molecule has 0 unspecified atom stereocenters. The van der Waals surface area contributed by atoms with Gasteiger partial charge in [0.2, 0.25) is 0 Å². The molecule has 1 aliphatic carbocycles. The van der Waals surface area contributed by atoms with Gasteiger partial charge >= 0.3 is 0 Å².